The van der Waals surface area contributed by atoms with Gasteiger partial charge in [0.1, 0.15) is 5.58 Å². The zero-order chi connectivity index (χ0) is 12.5. The summed E-state index contributed by atoms with van der Waals surface area (Å²) >= 11 is 0. The van der Waals surface area contributed by atoms with Crippen molar-refractivity contribution in [2.24, 2.45) is 5.73 Å². The van der Waals surface area contributed by atoms with Gasteiger partial charge in [-0.3, -0.25) is 0 Å². The number of benzene rings is 1. The molecule has 1 aliphatic heterocycles. The van der Waals surface area contributed by atoms with E-state index in [0.29, 0.717) is 6.04 Å². The van der Waals surface area contributed by atoms with Gasteiger partial charge in [-0.2, -0.15) is 0 Å². The number of furan rings is 1. The first-order chi connectivity index (χ1) is 8.81. The van der Waals surface area contributed by atoms with Crippen molar-refractivity contribution < 1.29 is 4.42 Å². The Balaban J connectivity index is 2.09. The number of piperidine rings is 1. The summed E-state index contributed by atoms with van der Waals surface area (Å²) in [4.78, 5) is 2.47. The minimum atomic E-state index is 0.471. The molecule has 1 atom stereocenters. The lowest BCUT2D eigenvalue weighted by Crippen LogP contribution is -2.44. The molecule has 2 aromatic rings. The normalized spacial score (nSPS) is 20.6. The van der Waals surface area contributed by atoms with Gasteiger partial charge in [0.05, 0.1) is 6.26 Å². The zero-order valence-electron chi connectivity index (χ0n) is 10.9. The van der Waals surface area contributed by atoms with Gasteiger partial charge in [-0.05, 0) is 43.9 Å². The van der Waals surface area contributed by atoms with Crippen LogP contribution in [0.2, 0.25) is 0 Å². The number of aryl methyl sites for hydroxylation is 1. The smallest absolute Gasteiger partial charge is 0.136 e. The Kier molecular flexibility index (Phi) is 3.00. The van der Waals surface area contributed by atoms with Crippen molar-refractivity contribution in [3.8, 4) is 0 Å². The molecule has 1 aliphatic rings. The average Bonchev–Trinajstić information content (AvgIpc) is 2.81. The third-order valence-corrected chi connectivity index (χ3v) is 3.97. The van der Waals surface area contributed by atoms with Crippen molar-refractivity contribution in [1.29, 1.82) is 0 Å². The van der Waals surface area contributed by atoms with Crippen molar-refractivity contribution in [3.05, 3.63) is 30.0 Å². The molecule has 0 amide bonds. The number of nitrogens with two attached hydrogens (primary N) is 1. The van der Waals surface area contributed by atoms with E-state index in [0.717, 1.165) is 18.7 Å². The quantitative estimate of drug-likeness (QED) is 0.882. The van der Waals surface area contributed by atoms with Gasteiger partial charge >= 0.3 is 0 Å². The average molecular weight is 244 g/mol. The third-order valence-electron chi connectivity index (χ3n) is 3.97. The minimum absolute atomic E-state index is 0.471. The van der Waals surface area contributed by atoms with Crippen LogP contribution < -0.4 is 10.6 Å². The van der Waals surface area contributed by atoms with Crippen LogP contribution in [0.3, 0.4) is 0 Å². The number of hydrogen-bond acceptors (Lipinski definition) is 3. The molecular weight excluding hydrogens is 224 g/mol. The molecule has 96 valence electrons. The molecule has 2 heterocycles. The van der Waals surface area contributed by atoms with E-state index in [1.807, 2.05) is 12.3 Å². The molecular formula is C15H20N2O. The van der Waals surface area contributed by atoms with E-state index in [1.54, 1.807) is 0 Å². The second-order valence-electron chi connectivity index (χ2n) is 5.15. The molecule has 1 aromatic heterocycles. The van der Waals surface area contributed by atoms with Crippen molar-refractivity contribution >= 4 is 16.7 Å². The largest absolute Gasteiger partial charge is 0.464 e. The van der Waals surface area contributed by atoms with E-state index in [1.165, 1.54) is 35.9 Å². The van der Waals surface area contributed by atoms with Gasteiger partial charge < -0.3 is 15.1 Å². The molecule has 2 N–H and O–H groups in total. The molecule has 0 aliphatic carbocycles. The highest BCUT2D eigenvalue weighted by Gasteiger charge is 2.23. The van der Waals surface area contributed by atoms with E-state index >= 15 is 0 Å². The van der Waals surface area contributed by atoms with Crippen LogP contribution in [0, 0.1) is 6.92 Å². The number of rotatable bonds is 2. The Hall–Kier alpha value is -1.48. The predicted molar refractivity (Wildman–Crippen MR) is 75.0 cm³/mol. The summed E-state index contributed by atoms with van der Waals surface area (Å²) in [6.07, 6.45) is 5.59. The SMILES string of the molecule is Cc1coc2cccc(N3CCCCC3CN)c12. The number of hydrogen-bond donors (Lipinski definition) is 1. The molecule has 18 heavy (non-hydrogen) atoms. The van der Waals surface area contributed by atoms with Crippen LogP contribution in [-0.4, -0.2) is 19.1 Å². The van der Waals surface area contributed by atoms with Gasteiger partial charge in [-0.25, -0.2) is 0 Å². The van der Waals surface area contributed by atoms with Gasteiger partial charge in [0.25, 0.3) is 0 Å². The monoisotopic (exact) mass is 244 g/mol. The van der Waals surface area contributed by atoms with E-state index in [2.05, 4.69) is 24.0 Å². The molecule has 1 fully saturated rings. The second kappa shape index (κ2) is 4.65. The van der Waals surface area contributed by atoms with Crippen LogP contribution in [0.5, 0.6) is 0 Å². The zero-order valence-corrected chi connectivity index (χ0v) is 10.9. The van der Waals surface area contributed by atoms with E-state index in [4.69, 9.17) is 10.2 Å². The summed E-state index contributed by atoms with van der Waals surface area (Å²) in [5, 5.41) is 1.25. The van der Waals surface area contributed by atoms with Gasteiger partial charge in [0.2, 0.25) is 0 Å². The van der Waals surface area contributed by atoms with E-state index in [9.17, 15) is 0 Å². The lowest BCUT2D eigenvalue weighted by Gasteiger charge is -2.37. The molecule has 3 nitrogen and oxygen atoms in total. The third kappa shape index (κ3) is 1.79. The molecule has 0 spiro atoms. The van der Waals surface area contributed by atoms with Gasteiger partial charge in [-0.15, -0.1) is 0 Å². The summed E-state index contributed by atoms with van der Waals surface area (Å²) in [7, 11) is 0. The minimum Gasteiger partial charge on any atom is -0.464 e. The van der Waals surface area contributed by atoms with E-state index in [-0.39, 0.29) is 0 Å². The molecule has 0 radical (unpaired) electrons. The lowest BCUT2D eigenvalue weighted by atomic mass is 10.00. The van der Waals surface area contributed by atoms with E-state index < -0.39 is 0 Å². The number of fused-ring (bicyclic) bond motifs is 1. The summed E-state index contributed by atoms with van der Waals surface area (Å²) < 4.78 is 5.59. The predicted octanol–water partition coefficient (Wildman–Crippen LogP) is 3.06. The van der Waals surface area contributed by atoms with Gasteiger partial charge in [0, 0.05) is 30.2 Å². The first-order valence-corrected chi connectivity index (χ1v) is 6.75. The van der Waals surface area contributed by atoms with Crippen molar-refractivity contribution in [1.82, 2.24) is 0 Å². The standard InChI is InChI=1S/C15H20N2O/c1-11-10-18-14-7-4-6-13(15(11)14)17-8-3-2-5-12(17)9-16/h4,6-7,10,12H,2-3,5,8-9,16H2,1H3. The lowest BCUT2D eigenvalue weighted by molar-refractivity contribution is 0.466. The Labute approximate surface area is 108 Å². The topological polar surface area (TPSA) is 42.4 Å². The van der Waals surface area contributed by atoms with Crippen LogP contribution in [0.15, 0.2) is 28.9 Å². The molecule has 1 unspecified atom stereocenters. The molecule has 3 heteroatoms. The first kappa shape index (κ1) is 11.6. The van der Waals surface area contributed by atoms with Crippen molar-refractivity contribution in [2.45, 2.75) is 32.2 Å². The summed E-state index contributed by atoms with van der Waals surface area (Å²) in [5.41, 5.74) is 9.40. The fourth-order valence-electron chi connectivity index (χ4n) is 3.03. The number of nitrogens with zero attached hydrogens (tertiary/aromatic N) is 1. The summed E-state index contributed by atoms with van der Waals surface area (Å²) in [6, 6.07) is 6.77. The molecule has 1 aromatic carbocycles. The Morgan fingerprint density at radius 2 is 2.28 bits per heavy atom. The fourth-order valence-corrected chi connectivity index (χ4v) is 3.03. The Bertz CT molecular complexity index is 546. The highest BCUT2D eigenvalue weighted by atomic mass is 16.3. The summed E-state index contributed by atoms with van der Waals surface area (Å²) in [6.45, 7) is 3.94. The fraction of sp³-hybridized carbons (Fsp3) is 0.467. The molecule has 0 bridgehead atoms. The van der Waals surface area contributed by atoms with Crippen LogP contribution in [-0.2, 0) is 0 Å². The molecule has 3 rings (SSSR count). The number of anilines is 1. The summed E-state index contributed by atoms with van der Waals surface area (Å²) in [5.74, 6) is 0. The van der Waals surface area contributed by atoms with Crippen LogP contribution >= 0.6 is 0 Å². The molecule has 1 saturated heterocycles. The highest BCUT2D eigenvalue weighted by Crippen LogP contribution is 2.34. The maximum absolute atomic E-state index is 5.92. The maximum Gasteiger partial charge on any atom is 0.136 e. The van der Waals surface area contributed by atoms with Crippen LogP contribution in [0.4, 0.5) is 5.69 Å². The maximum atomic E-state index is 5.92. The highest BCUT2D eigenvalue weighted by molar-refractivity contribution is 5.94. The van der Waals surface area contributed by atoms with Crippen LogP contribution in [0.1, 0.15) is 24.8 Å². The Morgan fingerprint density at radius 1 is 1.39 bits per heavy atom. The van der Waals surface area contributed by atoms with Crippen molar-refractivity contribution in [3.63, 3.8) is 0 Å². The van der Waals surface area contributed by atoms with Crippen molar-refractivity contribution in [2.75, 3.05) is 18.0 Å². The molecule has 0 saturated carbocycles. The van der Waals surface area contributed by atoms with Gasteiger partial charge in [0.15, 0.2) is 0 Å². The van der Waals surface area contributed by atoms with Gasteiger partial charge in [-0.1, -0.05) is 6.07 Å². The second-order valence-corrected chi connectivity index (χ2v) is 5.15. The van der Waals surface area contributed by atoms with Crippen LogP contribution in [0.25, 0.3) is 11.0 Å². The Morgan fingerprint density at radius 3 is 3.11 bits per heavy atom. The first-order valence-electron chi connectivity index (χ1n) is 6.75.